The van der Waals surface area contributed by atoms with Gasteiger partial charge in [0, 0.05) is 36.8 Å². The van der Waals surface area contributed by atoms with Gasteiger partial charge in [-0.3, -0.25) is 4.79 Å². The number of hydrogen-bond donors (Lipinski definition) is 0. The highest BCUT2D eigenvalue weighted by Crippen LogP contribution is 2.35. The van der Waals surface area contributed by atoms with E-state index in [2.05, 4.69) is 21.9 Å². The molecule has 1 fully saturated rings. The van der Waals surface area contributed by atoms with E-state index < -0.39 is 0 Å². The van der Waals surface area contributed by atoms with Gasteiger partial charge in [-0.15, -0.1) is 0 Å². The molecule has 2 aromatic carbocycles. The third-order valence-corrected chi connectivity index (χ3v) is 6.35. The van der Waals surface area contributed by atoms with Gasteiger partial charge in [0.2, 0.25) is 5.88 Å². The summed E-state index contributed by atoms with van der Waals surface area (Å²) < 4.78 is 6.00. The lowest BCUT2D eigenvalue weighted by atomic mass is 10.0. The number of piperidine rings is 1. The molecule has 0 aliphatic carbocycles. The maximum atomic E-state index is 13.5. The minimum absolute atomic E-state index is 0.0234. The zero-order valence-corrected chi connectivity index (χ0v) is 19.9. The smallest absolute Gasteiger partial charge is 0.254 e. The summed E-state index contributed by atoms with van der Waals surface area (Å²) >= 11 is 0. The number of benzene rings is 2. The van der Waals surface area contributed by atoms with E-state index in [9.17, 15) is 4.79 Å². The first-order valence-corrected chi connectivity index (χ1v) is 11.8. The van der Waals surface area contributed by atoms with E-state index in [1.807, 2.05) is 79.7 Å². The summed E-state index contributed by atoms with van der Waals surface area (Å²) in [6.45, 7) is 5.04. The van der Waals surface area contributed by atoms with Gasteiger partial charge in [-0.05, 0) is 52.4 Å². The molecule has 0 bridgehead atoms. The fourth-order valence-electron chi connectivity index (χ4n) is 4.42. The Hall–Kier alpha value is -3.12. The molecule has 1 unspecified atom stereocenters. The molecule has 6 nitrogen and oxygen atoms in total. The molecule has 0 spiro atoms. The van der Waals surface area contributed by atoms with E-state index in [0.29, 0.717) is 24.7 Å². The molecular formula is C27H34N4O2. The van der Waals surface area contributed by atoms with Crippen LogP contribution in [0.3, 0.4) is 0 Å². The van der Waals surface area contributed by atoms with Crippen molar-refractivity contribution in [1.29, 1.82) is 0 Å². The normalized spacial score (nSPS) is 16.2. The van der Waals surface area contributed by atoms with Gasteiger partial charge in [0.1, 0.15) is 5.69 Å². The molecule has 33 heavy (non-hydrogen) atoms. The quantitative estimate of drug-likeness (QED) is 0.491. The number of amides is 1. The van der Waals surface area contributed by atoms with Crippen molar-refractivity contribution in [2.45, 2.75) is 38.8 Å². The third kappa shape index (κ3) is 5.45. The molecule has 174 valence electrons. The van der Waals surface area contributed by atoms with Gasteiger partial charge in [-0.2, -0.15) is 0 Å². The van der Waals surface area contributed by atoms with Crippen molar-refractivity contribution in [2.24, 2.45) is 0 Å². The summed E-state index contributed by atoms with van der Waals surface area (Å²) in [5.41, 5.74) is 3.51. The predicted molar refractivity (Wildman–Crippen MR) is 132 cm³/mol. The number of anilines is 1. The maximum Gasteiger partial charge on any atom is 0.254 e. The number of carbonyl (C=O) groups excluding carboxylic acids is 1. The molecule has 1 atom stereocenters. The van der Waals surface area contributed by atoms with E-state index in [4.69, 9.17) is 4.52 Å². The van der Waals surface area contributed by atoms with Crippen LogP contribution in [0.1, 0.15) is 42.1 Å². The number of carbonyl (C=O) groups is 1. The van der Waals surface area contributed by atoms with Crippen molar-refractivity contribution in [3.8, 4) is 11.3 Å². The van der Waals surface area contributed by atoms with Crippen LogP contribution in [0.2, 0.25) is 0 Å². The first-order chi connectivity index (χ1) is 16.0. The Balaban J connectivity index is 1.73. The lowest BCUT2D eigenvalue weighted by molar-refractivity contribution is 0.0732. The average molecular weight is 447 g/mol. The zero-order valence-electron chi connectivity index (χ0n) is 19.9. The molecule has 1 aliphatic rings. The standard InChI is InChI=1S/C27H34N4O2/c1-21-12-10-11-17-31(21)27-24(25(28-33-27)22-13-6-4-7-14-22)20-30(19-18-29(2)3)26(32)23-15-8-5-9-16-23/h4-9,13-16,21H,10-12,17-20H2,1-3H3. The van der Waals surface area contributed by atoms with Crippen molar-refractivity contribution < 1.29 is 9.32 Å². The molecule has 4 rings (SSSR count). The van der Waals surface area contributed by atoms with Crippen molar-refractivity contribution in [3.05, 3.63) is 71.8 Å². The van der Waals surface area contributed by atoms with E-state index in [1.165, 1.54) is 6.42 Å². The van der Waals surface area contributed by atoms with Crippen LogP contribution in [0.5, 0.6) is 0 Å². The summed E-state index contributed by atoms with van der Waals surface area (Å²) in [4.78, 5) is 19.9. The minimum Gasteiger partial charge on any atom is -0.338 e. The van der Waals surface area contributed by atoms with Gasteiger partial charge < -0.3 is 19.2 Å². The molecular weight excluding hydrogens is 412 g/mol. The second-order valence-electron chi connectivity index (χ2n) is 9.12. The number of aromatic nitrogens is 1. The van der Waals surface area contributed by atoms with E-state index in [0.717, 1.165) is 48.6 Å². The first-order valence-electron chi connectivity index (χ1n) is 11.8. The Morgan fingerprint density at radius 2 is 1.73 bits per heavy atom. The van der Waals surface area contributed by atoms with Crippen molar-refractivity contribution in [1.82, 2.24) is 15.0 Å². The van der Waals surface area contributed by atoms with Crippen LogP contribution >= 0.6 is 0 Å². The molecule has 0 saturated carbocycles. The second kappa shape index (κ2) is 10.7. The van der Waals surface area contributed by atoms with Gasteiger partial charge in [0.25, 0.3) is 5.91 Å². The number of likely N-dealkylation sites (N-methyl/N-ethyl adjacent to an activating group) is 1. The lowest BCUT2D eigenvalue weighted by Gasteiger charge is -2.34. The van der Waals surface area contributed by atoms with Gasteiger partial charge in [0.05, 0.1) is 12.1 Å². The molecule has 3 aromatic rings. The van der Waals surface area contributed by atoms with Gasteiger partial charge in [0.15, 0.2) is 0 Å². The molecule has 1 aliphatic heterocycles. The van der Waals surface area contributed by atoms with Gasteiger partial charge >= 0.3 is 0 Å². The Morgan fingerprint density at radius 3 is 2.39 bits per heavy atom. The van der Waals surface area contributed by atoms with Crippen LogP contribution in [-0.2, 0) is 6.54 Å². The summed E-state index contributed by atoms with van der Waals surface area (Å²) in [6, 6.07) is 20.0. The van der Waals surface area contributed by atoms with Crippen LogP contribution in [-0.4, -0.2) is 60.6 Å². The van der Waals surface area contributed by atoms with Crippen molar-refractivity contribution >= 4 is 11.8 Å². The molecule has 1 aromatic heterocycles. The van der Waals surface area contributed by atoms with Crippen LogP contribution in [0.25, 0.3) is 11.3 Å². The number of rotatable bonds is 8. The molecule has 1 saturated heterocycles. The van der Waals surface area contributed by atoms with Gasteiger partial charge in [-0.25, -0.2) is 0 Å². The Labute approximate surface area is 196 Å². The number of nitrogens with zero attached hydrogens (tertiary/aromatic N) is 4. The summed E-state index contributed by atoms with van der Waals surface area (Å²) in [7, 11) is 4.06. The van der Waals surface area contributed by atoms with E-state index >= 15 is 0 Å². The van der Waals surface area contributed by atoms with E-state index in [1.54, 1.807) is 0 Å². The van der Waals surface area contributed by atoms with Crippen LogP contribution in [0, 0.1) is 0 Å². The summed E-state index contributed by atoms with van der Waals surface area (Å²) in [6.07, 6.45) is 3.50. The first kappa shape index (κ1) is 23.1. The molecule has 6 heteroatoms. The highest BCUT2D eigenvalue weighted by atomic mass is 16.5. The average Bonchev–Trinajstić information content (AvgIpc) is 3.25. The van der Waals surface area contributed by atoms with Crippen LogP contribution in [0.4, 0.5) is 5.88 Å². The van der Waals surface area contributed by atoms with Crippen molar-refractivity contribution in [2.75, 3.05) is 38.6 Å². The summed E-state index contributed by atoms with van der Waals surface area (Å²) in [5, 5.41) is 4.51. The minimum atomic E-state index is 0.0234. The molecule has 2 heterocycles. The fraction of sp³-hybridized carbons (Fsp3) is 0.407. The van der Waals surface area contributed by atoms with E-state index in [-0.39, 0.29) is 5.91 Å². The molecule has 1 amide bonds. The summed E-state index contributed by atoms with van der Waals surface area (Å²) in [5.74, 6) is 0.826. The largest absolute Gasteiger partial charge is 0.338 e. The molecule has 0 N–H and O–H groups in total. The topological polar surface area (TPSA) is 52.8 Å². The fourth-order valence-corrected chi connectivity index (χ4v) is 4.42. The SMILES string of the molecule is CC1CCCCN1c1onc(-c2ccccc2)c1CN(CCN(C)C)C(=O)c1ccccc1. The van der Waals surface area contributed by atoms with Crippen LogP contribution < -0.4 is 4.90 Å². The van der Waals surface area contributed by atoms with Crippen LogP contribution in [0.15, 0.2) is 65.2 Å². The second-order valence-corrected chi connectivity index (χ2v) is 9.12. The monoisotopic (exact) mass is 446 g/mol. The third-order valence-electron chi connectivity index (χ3n) is 6.35. The van der Waals surface area contributed by atoms with Crippen molar-refractivity contribution in [3.63, 3.8) is 0 Å². The number of hydrogen-bond acceptors (Lipinski definition) is 5. The zero-order chi connectivity index (χ0) is 23.2. The highest BCUT2D eigenvalue weighted by Gasteiger charge is 2.30. The Bertz CT molecular complexity index is 1030. The van der Waals surface area contributed by atoms with Gasteiger partial charge in [-0.1, -0.05) is 53.7 Å². The Kier molecular flexibility index (Phi) is 7.45. The highest BCUT2D eigenvalue weighted by molar-refractivity contribution is 5.94. The molecule has 0 radical (unpaired) electrons. The predicted octanol–water partition coefficient (Wildman–Crippen LogP) is 4.92. The lowest BCUT2D eigenvalue weighted by Crippen LogP contribution is -2.39. The Morgan fingerprint density at radius 1 is 1.03 bits per heavy atom. The maximum absolute atomic E-state index is 13.5.